The van der Waals surface area contributed by atoms with E-state index in [-0.39, 0.29) is 0 Å². The maximum atomic E-state index is 5.65. The number of morpholine rings is 1. The summed E-state index contributed by atoms with van der Waals surface area (Å²) < 4.78 is 7.80. The highest BCUT2D eigenvalue weighted by Crippen LogP contribution is 2.39. The molecule has 1 N–H and O–H groups in total. The number of benzene rings is 2. The van der Waals surface area contributed by atoms with Crippen molar-refractivity contribution in [2.75, 3.05) is 43.1 Å². The molecule has 3 heterocycles. The van der Waals surface area contributed by atoms with Gasteiger partial charge in [0, 0.05) is 44.1 Å². The molecule has 1 fully saturated rings. The molecular formula is C24H27N5O. The van der Waals surface area contributed by atoms with Gasteiger partial charge in [-0.05, 0) is 18.6 Å². The van der Waals surface area contributed by atoms with Crippen molar-refractivity contribution >= 4 is 17.1 Å². The van der Waals surface area contributed by atoms with E-state index in [1.54, 1.807) is 0 Å². The Kier molecular flexibility index (Phi) is 5.40. The van der Waals surface area contributed by atoms with Crippen LogP contribution in [0.2, 0.25) is 0 Å². The molecule has 0 bridgehead atoms. The summed E-state index contributed by atoms with van der Waals surface area (Å²) in [5.74, 6) is 1.24. The molecule has 3 aromatic rings. The number of rotatable bonds is 6. The average Bonchev–Trinajstić information content (AvgIpc) is 3.33. The Balaban J connectivity index is 1.54. The van der Waals surface area contributed by atoms with Crippen LogP contribution < -0.4 is 10.2 Å². The molecule has 154 valence electrons. The number of ether oxygens (including phenoxy) is 1. The zero-order chi connectivity index (χ0) is 20.2. The minimum atomic E-state index is 0.760. The van der Waals surface area contributed by atoms with Crippen molar-refractivity contribution in [1.82, 2.24) is 14.5 Å². The number of fused-ring (bicyclic) bond motifs is 1. The van der Waals surface area contributed by atoms with Crippen LogP contribution in [0.5, 0.6) is 0 Å². The highest BCUT2D eigenvalue weighted by atomic mass is 16.5. The molecule has 6 heteroatoms. The van der Waals surface area contributed by atoms with Crippen molar-refractivity contribution in [3.8, 4) is 0 Å². The fourth-order valence-electron chi connectivity index (χ4n) is 4.22. The van der Waals surface area contributed by atoms with E-state index in [2.05, 4.69) is 79.3 Å². The number of hydrogen-bond acceptors (Lipinski definition) is 5. The van der Waals surface area contributed by atoms with Crippen LogP contribution in [0.25, 0.3) is 5.70 Å². The second-order valence-electron chi connectivity index (χ2n) is 7.61. The van der Waals surface area contributed by atoms with Crippen LogP contribution in [0.4, 0.5) is 11.4 Å². The molecule has 2 aliphatic heterocycles. The molecule has 2 aromatic carbocycles. The van der Waals surface area contributed by atoms with Gasteiger partial charge in [0.2, 0.25) is 0 Å². The van der Waals surface area contributed by atoms with Gasteiger partial charge in [-0.3, -0.25) is 0 Å². The van der Waals surface area contributed by atoms with Crippen molar-refractivity contribution < 1.29 is 4.74 Å². The molecule has 0 spiro atoms. The quantitative estimate of drug-likeness (QED) is 0.680. The summed E-state index contributed by atoms with van der Waals surface area (Å²) in [6.45, 7) is 5.19. The summed E-state index contributed by atoms with van der Waals surface area (Å²) in [4.78, 5) is 9.12. The van der Waals surface area contributed by atoms with Gasteiger partial charge in [-0.1, -0.05) is 42.5 Å². The van der Waals surface area contributed by atoms with E-state index in [0.717, 1.165) is 51.5 Å². The summed E-state index contributed by atoms with van der Waals surface area (Å²) in [5, 5.41) is 3.73. The predicted octanol–water partition coefficient (Wildman–Crippen LogP) is 3.86. The summed E-state index contributed by atoms with van der Waals surface area (Å²) in [6.07, 6.45) is 6.78. The van der Waals surface area contributed by atoms with E-state index >= 15 is 0 Å². The monoisotopic (exact) mass is 401 g/mol. The lowest BCUT2D eigenvalue weighted by Crippen LogP contribution is -2.45. The minimum Gasteiger partial charge on any atom is -0.378 e. The molecule has 0 atom stereocenters. The predicted molar refractivity (Wildman–Crippen MR) is 120 cm³/mol. The Bertz CT molecular complexity index is 993. The van der Waals surface area contributed by atoms with Crippen LogP contribution >= 0.6 is 0 Å². The molecule has 0 amide bonds. The first-order valence-electron chi connectivity index (χ1n) is 10.6. The molecule has 0 saturated carbocycles. The number of nitrogens with zero attached hydrogens (tertiary/aromatic N) is 4. The standard InChI is InChI=1S/C24H27N5O/c1-2-7-20(8-3-1)23-24(28-15-17-30-18-16-28)29(13-6-12-27-14-11-25-19-27)22-10-5-4-9-21(22)26-23/h1-5,7-11,14,19,26H,6,12-13,15-18H2. The molecule has 30 heavy (non-hydrogen) atoms. The van der Waals surface area contributed by atoms with Gasteiger partial charge < -0.3 is 24.4 Å². The van der Waals surface area contributed by atoms with Crippen LogP contribution in [-0.2, 0) is 11.3 Å². The second kappa shape index (κ2) is 8.63. The van der Waals surface area contributed by atoms with E-state index in [9.17, 15) is 0 Å². The zero-order valence-electron chi connectivity index (χ0n) is 17.1. The Hall–Kier alpha value is -3.25. The highest BCUT2D eigenvalue weighted by Gasteiger charge is 2.30. The Morgan fingerprint density at radius 2 is 1.73 bits per heavy atom. The lowest BCUT2D eigenvalue weighted by Gasteiger charge is -2.43. The van der Waals surface area contributed by atoms with E-state index in [1.807, 2.05) is 18.7 Å². The first kappa shape index (κ1) is 18.8. The first-order valence-corrected chi connectivity index (χ1v) is 10.6. The molecule has 1 aromatic heterocycles. The third-order valence-electron chi connectivity index (χ3n) is 5.66. The number of imidazole rings is 1. The summed E-state index contributed by atoms with van der Waals surface area (Å²) in [7, 11) is 0. The van der Waals surface area contributed by atoms with Crippen LogP contribution in [0.15, 0.2) is 79.1 Å². The third kappa shape index (κ3) is 3.78. The first-order chi connectivity index (χ1) is 14.9. The van der Waals surface area contributed by atoms with E-state index < -0.39 is 0 Å². The van der Waals surface area contributed by atoms with Crippen molar-refractivity contribution in [1.29, 1.82) is 0 Å². The molecule has 5 rings (SSSR count). The number of aryl methyl sites for hydroxylation is 1. The Morgan fingerprint density at radius 1 is 0.933 bits per heavy atom. The van der Waals surface area contributed by atoms with Crippen LogP contribution in [-0.4, -0.2) is 47.3 Å². The van der Waals surface area contributed by atoms with Crippen molar-refractivity contribution in [2.24, 2.45) is 0 Å². The summed E-state index contributed by atoms with van der Waals surface area (Å²) >= 11 is 0. The largest absolute Gasteiger partial charge is 0.378 e. The van der Waals surface area contributed by atoms with Gasteiger partial charge in [-0.2, -0.15) is 0 Å². The van der Waals surface area contributed by atoms with Gasteiger partial charge in [0.25, 0.3) is 0 Å². The maximum Gasteiger partial charge on any atom is 0.134 e. The molecule has 1 saturated heterocycles. The number of anilines is 2. The number of nitrogens with one attached hydrogen (secondary N) is 1. The van der Waals surface area contributed by atoms with Gasteiger partial charge in [-0.25, -0.2) is 4.98 Å². The van der Waals surface area contributed by atoms with E-state index in [1.165, 1.54) is 22.8 Å². The van der Waals surface area contributed by atoms with Crippen molar-refractivity contribution in [3.05, 3.63) is 84.7 Å². The minimum absolute atomic E-state index is 0.760. The SMILES string of the molecule is c1ccc(C2=C(N3CCOCC3)N(CCCn3ccnc3)c3ccccc3N2)cc1. The van der Waals surface area contributed by atoms with Gasteiger partial charge in [0.1, 0.15) is 5.82 Å². The lowest BCUT2D eigenvalue weighted by molar-refractivity contribution is 0.0526. The molecule has 6 nitrogen and oxygen atoms in total. The Morgan fingerprint density at radius 3 is 2.53 bits per heavy atom. The number of aromatic nitrogens is 2. The molecular weight excluding hydrogens is 374 g/mol. The lowest BCUT2D eigenvalue weighted by atomic mass is 10.1. The second-order valence-corrected chi connectivity index (χ2v) is 7.61. The smallest absolute Gasteiger partial charge is 0.134 e. The van der Waals surface area contributed by atoms with Gasteiger partial charge in [0.05, 0.1) is 36.6 Å². The fraction of sp³-hybridized carbons (Fsp3) is 0.292. The summed E-state index contributed by atoms with van der Waals surface area (Å²) in [6, 6.07) is 19.2. The van der Waals surface area contributed by atoms with Gasteiger partial charge >= 0.3 is 0 Å². The Labute approximate surface area is 177 Å². The van der Waals surface area contributed by atoms with Crippen molar-refractivity contribution in [2.45, 2.75) is 13.0 Å². The van der Waals surface area contributed by atoms with Crippen LogP contribution in [0, 0.1) is 0 Å². The molecule has 0 radical (unpaired) electrons. The van der Waals surface area contributed by atoms with Crippen LogP contribution in [0.3, 0.4) is 0 Å². The topological polar surface area (TPSA) is 45.6 Å². The molecule has 0 unspecified atom stereocenters. The van der Waals surface area contributed by atoms with Crippen LogP contribution in [0.1, 0.15) is 12.0 Å². The normalized spacial score (nSPS) is 16.4. The summed E-state index contributed by atoms with van der Waals surface area (Å²) in [5.41, 5.74) is 4.74. The number of hydrogen-bond donors (Lipinski definition) is 1. The highest BCUT2D eigenvalue weighted by molar-refractivity contribution is 5.91. The van der Waals surface area contributed by atoms with E-state index in [0.29, 0.717) is 0 Å². The molecule has 0 aliphatic carbocycles. The molecule has 2 aliphatic rings. The van der Waals surface area contributed by atoms with Crippen molar-refractivity contribution in [3.63, 3.8) is 0 Å². The fourth-order valence-corrected chi connectivity index (χ4v) is 4.22. The van der Waals surface area contributed by atoms with E-state index in [4.69, 9.17) is 4.74 Å². The average molecular weight is 402 g/mol. The van der Waals surface area contributed by atoms with Gasteiger partial charge in [0.15, 0.2) is 0 Å². The zero-order valence-corrected chi connectivity index (χ0v) is 17.1. The number of para-hydroxylation sites is 2. The maximum absolute atomic E-state index is 5.65. The third-order valence-corrected chi connectivity index (χ3v) is 5.66. The van der Waals surface area contributed by atoms with Gasteiger partial charge in [-0.15, -0.1) is 0 Å².